The normalized spacial score (nSPS) is 17.8. The van der Waals surface area contributed by atoms with Crippen LogP contribution in [0.25, 0.3) is 0 Å². The number of nitrogens with one attached hydrogen (secondary N) is 1. The van der Waals surface area contributed by atoms with E-state index >= 15 is 0 Å². The minimum atomic E-state index is 0.395. The monoisotopic (exact) mass is 299 g/mol. The molecule has 0 amide bonds. The average Bonchev–Trinajstić information content (AvgIpc) is 2.82. The van der Waals surface area contributed by atoms with Gasteiger partial charge in [0.05, 0.1) is 0 Å². The van der Waals surface area contributed by atoms with Crippen molar-refractivity contribution in [3.8, 4) is 0 Å². The second kappa shape index (κ2) is 6.97. The summed E-state index contributed by atoms with van der Waals surface area (Å²) in [6, 6.07) is 5.90. The predicted molar refractivity (Wildman–Crippen MR) is 84.2 cm³/mol. The van der Waals surface area contributed by atoms with Crippen LogP contribution in [0.2, 0.25) is 10.0 Å². The molecule has 0 aromatic heterocycles. The third-order valence-electron chi connectivity index (χ3n) is 4.17. The van der Waals surface area contributed by atoms with Gasteiger partial charge in [-0.3, -0.25) is 0 Å². The summed E-state index contributed by atoms with van der Waals surface area (Å²) < 4.78 is 0. The van der Waals surface area contributed by atoms with E-state index in [9.17, 15) is 0 Å². The van der Waals surface area contributed by atoms with Crippen LogP contribution in [-0.4, -0.2) is 13.1 Å². The minimum Gasteiger partial charge on any atom is -0.316 e. The van der Waals surface area contributed by atoms with Crippen LogP contribution in [0, 0.1) is 5.41 Å². The molecule has 1 aromatic rings. The molecule has 0 bridgehead atoms. The molecule has 0 atom stereocenters. The Balaban J connectivity index is 2.07. The van der Waals surface area contributed by atoms with E-state index in [0.29, 0.717) is 5.41 Å². The second-order valence-corrected chi connectivity index (χ2v) is 6.64. The summed E-state index contributed by atoms with van der Waals surface area (Å²) >= 11 is 12.3. The molecule has 1 aliphatic rings. The molecule has 0 radical (unpaired) electrons. The van der Waals surface area contributed by atoms with Crippen LogP contribution in [0.4, 0.5) is 0 Å². The SMILES string of the molecule is CCCNCC1(Cc2ccc(Cl)cc2Cl)CCCC1. The molecular formula is C16H23Cl2N. The van der Waals surface area contributed by atoms with E-state index in [4.69, 9.17) is 23.2 Å². The maximum absolute atomic E-state index is 6.33. The fourth-order valence-corrected chi connectivity index (χ4v) is 3.62. The highest BCUT2D eigenvalue weighted by molar-refractivity contribution is 6.35. The van der Waals surface area contributed by atoms with Gasteiger partial charge in [-0.1, -0.05) is 49.0 Å². The van der Waals surface area contributed by atoms with Crippen molar-refractivity contribution in [1.29, 1.82) is 0 Å². The number of hydrogen-bond acceptors (Lipinski definition) is 1. The first-order chi connectivity index (χ1) is 9.15. The Hall–Kier alpha value is -0.240. The van der Waals surface area contributed by atoms with Crippen LogP contribution in [0.3, 0.4) is 0 Å². The molecule has 0 aliphatic heterocycles. The molecule has 0 saturated heterocycles. The lowest BCUT2D eigenvalue weighted by Gasteiger charge is -2.30. The Morgan fingerprint density at radius 1 is 1.21 bits per heavy atom. The molecule has 3 heteroatoms. The van der Waals surface area contributed by atoms with Crippen molar-refractivity contribution in [2.45, 2.75) is 45.4 Å². The first kappa shape index (κ1) is 15.2. The lowest BCUT2D eigenvalue weighted by molar-refractivity contribution is 0.278. The van der Waals surface area contributed by atoms with Gasteiger partial charge in [-0.2, -0.15) is 0 Å². The number of rotatable bonds is 6. The van der Waals surface area contributed by atoms with Crippen LogP contribution in [0.1, 0.15) is 44.6 Å². The van der Waals surface area contributed by atoms with E-state index in [1.807, 2.05) is 12.1 Å². The lowest BCUT2D eigenvalue weighted by Crippen LogP contribution is -2.34. The van der Waals surface area contributed by atoms with Crippen LogP contribution in [0.5, 0.6) is 0 Å². The summed E-state index contributed by atoms with van der Waals surface area (Å²) in [6.07, 6.45) is 7.57. The molecule has 1 aromatic carbocycles. The number of benzene rings is 1. The fraction of sp³-hybridized carbons (Fsp3) is 0.625. The largest absolute Gasteiger partial charge is 0.316 e. The van der Waals surface area contributed by atoms with E-state index < -0.39 is 0 Å². The summed E-state index contributed by atoms with van der Waals surface area (Å²) in [6.45, 7) is 4.43. The van der Waals surface area contributed by atoms with Gasteiger partial charge in [-0.25, -0.2) is 0 Å². The molecule has 19 heavy (non-hydrogen) atoms. The average molecular weight is 300 g/mol. The standard InChI is InChI=1S/C16H23Cl2N/c1-2-9-19-12-16(7-3-4-8-16)11-13-5-6-14(17)10-15(13)18/h5-6,10,19H,2-4,7-9,11-12H2,1H3. The van der Waals surface area contributed by atoms with Gasteiger partial charge in [0.25, 0.3) is 0 Å². The first-order valence-corrected chi connectivity index (χ1v) is 8.05. The van der Waals surface area contributed by atoms with Crippen molar-refractivity contribution < 1.29 is 0 Å². The highest BCUT2D eigenvalue weighted by Gasteiger charge is 2.33. The molecule has 1 N–H and O–H groups in total. The van der Waals surface area contributed by atoms with Gasteiger partial charge in [-0.05, 0) is 55.3 Å². The quantitative estimate of drug-likeness (QED) is 0.721. The lowest BCUT2D eigenvalue weighted by atomic mass is 9.80. The number of hydrogen-bond donors (Lipinski definition) is 1. The number of halogens is 2. The van der Waals surface area contributed by atoms with Gasteiger partial charge in [0.15, 0.2) is 0 Å². The van der Waals surface area contributed by atoms with Crippen molar-refractivity contribution in [3.63, 3.8) is 0 Å². The van der Waals surface area contributed by atoms with Crippen molar-refractivity contribution in [2.75, 3.05) is 13.1 Å². The first-order valence-electron chi connectivity index (χ1n) is 7.30. The molecule has 0 spiro atoms. The van der Waals surface area contributed by atoms with Gasteiger partial charge < -0.3 is 5.32 Å². The molecule has 1 saturated carbocycles. The Bertz CT molecular complexity index is 411. The van der Waals surface area contributed by atoms with Crippen LogP contribution in [0.15, 0.2) is 18.2 Å². The molecule has 0 heterocycles. The smallest absolute Gasteiger partial charge is 0.0453 e. The maximum Gasteiger partial charge on any atom is 0.0453 e. The van der Waals surface area contributed by atoms with Crippen LogP contribution >= 0.6 is 23.2 Å². The van der Waals surface area contributed by atoms with Crippen molar-refractivity contribution >= 4 is 23.2 Å². The zero-order valence-electron chi connectivity index (χ0n) is 11.6. The minimum absolute atomic E-state index is 0.395. The topological polar surface area (TPSA) is 12.0 Å². The maximum atomic E-state index is 6.33. The van der Waals surface area contributed by atoms with Gasteiger partial charge in [-0.15, -0.1) is 0 Å². The van der Waals surface area contributed by atoms with Crippen LogP contribution in [-0.2, 0) is 6.42 Å². The zero-order chi connectivity index (χ0) is 13.7. The van der Waals surface area contributed by atoms with Crippen molar-refractivity contribution in [1.82, 2.24) is 5.32 Å². The summed E-state index contributed by atoms with van der Waals surface area (Å²) in [5, 5.41) is 5.13. The van der Waals surface area contributed by atoms with E-state index in [0.717, 1.165) is 29.6 Å². The van der Waals surface area contributed by atoms with E-state index in [1.54, 1.807) is 0 Å². The van der Waals surface area contributed by atoms with Gasteiger partial charge in [0, 0.05) is 16.6 Å². The second-order valence-electron chi connectivity index (χ2n) is 5.80. The Morgan fingerprint density at radius 3 is 2.58 bits per heavy atom. The van der Waals surface area contributed by atoms with E-state index in [2.05, 4.69) is 18.3 Å². The highest BCUT2D eigenvalue weighted by Crippen LogP contribution is 2.41. The predicted octanol–water partition coefficient (Wildman–Crippen LogP) is 5.10. The van der Waals surface area contributed by atoms with Crippen molar-refractivity contribution in [3.05, 3.63) is 33.8 Å². The third-order valence-corrected chi connectivity index (χ3v) is 4.76. The van der Waals surface area contributed by atoms with Crippen LogP contribution < -0.4 is 5.32 Å². The molecule has 2 rings (SSSR count). The Kier molecular flexibility index (Phi) is 5.56. The van der Waals surface area contributed by atoms with Gasteiger partial charge >= 0.3 is 0 Å². The van der Waals surface area contributed by atoms with Gasteiger partial charge in [0.1, 0.15) is 0 Å². The Labute approximate surface area is 126 Å². The molecule has 1 aliphatic carbocycles. The van der Waals surface area contributed by atoms with Gasteiger partial charge in [0.2, 0.25) is 0 Å². The fourth-order valence-electron chi connectivity index (χ4n) is 3.14. The van der Waals surface area contributed by atoms with E-state index in [1.165, 1.54) is 37.7 Å². The summed E-state index contributed by atoms with van der Waals surface area (Å²) in [4.78, 5) is 0. The molecule has 106 valence electrons. The molecule has 0 unspecified atom stereocenters. The summed E-state index contributed by atoms with van der Waals surface area (Å²) in [5.74, 6) is 0. The molecular weight excluding hydrogens is 277 g/mol. The summed E-state index contributed by atoms with van der Waals surface area (Å²) in [7, 11) is 0. The molecule has 1 fully saturated rings. The highest BCUT2D eigenvalue weighted by atomic mass is 35.5. The Morgan fingerprint density at radius 2 is 1.95 bits per heavy atom. The zero-order valence-corrected chi connectivity index (χ0v) is 13.2. The van der Waals surface area contributed by atoms with Crippen molar-refractivity contribution in [2.24, 2.45) is 5.41 Å². The third kappa shape index (κ3) is 4.11. The summed E-state index contributed by atoms with van der Waals surface area (Å²) in [5.41, 5.74) is 1.64. The molecule has 1 nitrogen and oxygen atoms in total. The van der Waals surface area contributed by atoms with E-state index in [-0.39, 0.29) is 0 Å².